The molecule has 1 unspecified atom stereocenters. The van der Waals surface area contributed by atoms with Crippen LogP contribution in [0.5, 0.6) is 0 Å². The van der Waals surface area contributed by atoms with Crippen LogP contribution in [0.1, 0.15) is 25.3 Å². The van der Waals surface area contributed by atoms with E-state index >= 15 is 0 Å². The Morgan fingerprint density at radius 2 is 1.93 bits per heavy atom. The van der Waals surface area contributed by atoms with E-state index in [2.05, 4.69) is 58.4 Å². The van der Waals surface area contributed by atoms with Gasteiger partial charge in [0.15, 0.2) is 11.7 Å². The highest BCUT2D eigenvalue weighted by molar-refractivity contribution is 14.0. The lowest BCUT2D eigenvalue weighted by Gasteiger charge is -2.32. The first-order valence-corrected chi connectivity index (χ1v) is 10.0. The van der Waals surface area contributed by atoms with Crippen LogP contribution in [0.4, 0.5) is 0 Å². The number of nitrogens with one attached hydrogen (secondary N) is 2. The van der Waals surface area contributed by atoms with Crippen LogP contribution in [0.2, 0.25) is 0 Å². The van der Waals surface area contributed by atoms with E-state index in [1.165, 1.54) is 5.56 Å². The molecular formula is C21H32IN5O2. The average molecular weight is 513 g/mol. The Hall–Kier alpha value is -1.65. The van der Waals surface area contributed by atoms with Crippen molar-refractivity contribution >= 4 is 29.9 Å². The molecule has 1 fully saturated rings. The summed E-state index contributed by atoms with van der Waals surface area (Å²) in [5.41, 5.74) is 2.25. The number of halogens is 1. The number of rotatable bonds is 7. The summed E-state index contributed by atoms with van der Waals surface area (Å²) in [5, 5.41) is 6.70. The monoisotopic (exact) mass is 513 g/mol. The van der Waals surface area contributed by atoms with E-state index in [1.807, 2.05) is 12.1 Å². The Balaban J connectivity index is 0.00000300. The Kier molecular flexibility index (Phi) is 9.89. The summed E-state index contributed by atoms with van der Waals surface area (Å²) >= 11 is 0. The van der Waals surface area contributed by atoms with Crippen LogP contribution in [0.15, 0.2) is 39.9 Å². The smallest absolute Gasteiger partial charge is 0.216 e. The normalized spacial score (nSPS) is 16.2. The van der Waals surface area contributed by atoms with Crippen LogP contribution in [-0.4, -0.2) is 61.3 Å². The van der Waals surface area contributed by atoms with Crippen molar-refractivity contribution in [1.29, 1.82) is 0 Å². The minimum atomic E-state index is 0. The number of benzene rings is 1. The molecule has 7 nitrogen and oxygen atoms in total. The van der Waals surface area contributed by atoms with Crippen molar-refractivity contribution in [3.8, 4) is 11.3 Å². The lowest BCUT2D eigenvalue weighted by molar-refractivity contribution is 0.0211. The highest BCUT2D eigenvalue weighted by atomic mass is 127. The lowest BCUT2D eigenvalue weighted by Crippen LogP contribution is -2.49. The molecule has 3 rings (SSSR count). The lowest BCUT2D eigenvalue weighted by atomic mass is 10.1. The van der Waals surface area contributed by atoms with E-state index in [0.29, 0.717) is 18.5 Å². The summed E-state index contributed by atoms with van der Waals surface area (Å²) in [6.45, 7) is 12.0. The third-order valence-electron chi connectivity index (χ3n) is 4.84. The van der Waals surface area contributed by atoms with E-state index in [1.54, 1.807) is 6.20 Å². The summed E-state index contributed by atoms with van der Waals surface area (Å²) in [4.78, 5) is 11.4. The topological polar surface area (TPSA) is 74.9 Å². The van der Waals surface area contributed by atoms with Gasteiger partial charge in [0.05, 0.1) is 19.4 Å². The van der Waals surface area contributed by atoms with Crippen molar-refractivity contribution in [3.63, 3.8) is 0 Å². The Morgan fingerprint density at radius 1 is 1.21 bits per heavy atom. The van der Waals surface area contributed by atoms with Gasteiger partial charge in [-0.2, -0.15) is 0 Å². The molecule has 0 saturated carbocycles. The summed E-state index contributed by atoms with van der Waals surface area (Å²) in [5.74, 6) is 2.15. The molecule has 8 heteroatoms. The fourth-order valence-corrected chi connectivity index (χ4v) is 3.11. The second-order valence-corrected chi connectivity index (χ2v) is 7.06. The molecular weight excluding hydrogens is 481 g/mol. The first-order chi connectivity index (χ1) is 13.7. The summed E-state index contributed by atoms with van der Waals surface area (Å²) < 4.78 is 11.3. The van der Waals surface area contributed by atoms with E-state index in [4.69, 9.17) is 9.15 Å². The molecule has 0 radical (unpaired) electrons. The van der Waals surface area contributed by atoms with Crippen LogP contribution < -0.4 is 10.6 Å². The molecule has 1 aromatic carbocycles. The number of ether oxygens (including phenoxy) is 1. The van der Waals surface area contributed by atoms with Crippen molar-refractivity contribution in [2.24, 2.45) is 4.99 Å². The van der Waals surface area contributed by atoms with Gasteiger partial charge >= 0.3 is 0 Å². The Bertz CT molecular complexity index is 757. The fraction of sp³-hybridized carbons (Fsp3) is 0.524. The molecule has 0 aliphatic carbocycles. The molecule has 1 saturated heterocycles. The van der Waals surface area contributed by atoms with E-state index in [9.17, 15) is 0 Å². The fourth-order valence-electron chi connectivity index (χ4n) is 3.11. The van der Waals surface area contributed by atoms with Gasteiger partial charge in [0.1, 0.15) is 6.54 Å². The average Bonchev–Trinajstić information content (AvgIpc) is 3.20. The van der Waals surface area contributed by atoms with Crippen LogP contribution in [-0.2, 0) is 11.3 Å². The van der Waals surface area contributed by atoms with Crippen molar-refractivity contribution in [3.05, 3.63) is 41.9 Å². The molecule has 29 heavy (non-hydrogen) atoms. The number of aryl methyl sites for hydroxylation is 1. The molecule has 0 amide bonds. The summed E-state index contributed by atoms with van der Waals surface area (Å²) in [6.07, 6.45) is 1.76. The van der Waals surface area contributed by atoms with Crippen molar-refractivity contribution in [2.45, 2.75) is 33.4 Å². The van der Waals surface area contributed by atoms with Gasteiger partial charge in [-0.25, -0.2) is 9.98 Å². The molecule has 2 aromatic rings. The zero-order valence-corrected chi connectivity index (χ0v) is 19.8. The molecule has 1 aliphatic heterocycles. The number of morpholine rings is 1. The SMILES string of the molecule is CCNC(=NCc1ncc(-c2ccc(C)cc2)o1)NCC(C)N1CCOCC1.I. The number of guanidine groups is 1. The molecule has 160 valence electrons. The maximum Gasteiger partial charge on any atom is 0.216 e. The number of aromatic nitrogens is 1. The standard InChI is InChI=1S/C21H31N5O2.HI/c1-4-22-21(24-13-17(3)26-9-11-27-12-10-26)25-15-20-23-14-19(28-20)18-7-5-16(2)6-8-18;/h5-8,14,17H,4,9-13,15H2,1-3H3,(H2,22,24,25);1H. The number of oxazole rings is 1. The number of aliphatic imine (C=N–C) groups is 1. The molecule has 0 bridgehead atoms. The highest BCUT2D eigenvalue weighted by Gasteiger charge is 2.17. The van der Waals surface area contributed by atoms with E-state index < -0.39 is 0 Å². The minimum absolute atomic E-state index is 0. The molecule has 1 aromatic heterocycles. The van der Waals surface area contributed by atoms with E-state index in [0.717, 1.165) is 56.7 Å². The highest BCUT2D eigenvalue weighted by Crippen LogP contribution is 2.21. The van der Waals surface area contributed by atoms with Crippen LogP contribution in [0.25, 0.3) is 11.3 Å². The number of nitrogens with zero attached hydrogens (tertiary/aromatic N) is 3. The number of hydrogen-bond acceptors (Lipinski definition) is 5. The maximum absolute atomic E-state index is 5.86. The largest absolute Gasteiger partial charge is 0.439 e. The predicted octanol–water partition coefficient (Wildman–Crippen LogP) is 3.04. The van der Waals surface area contributed by atoms with E-state index in [-0.39, 0.29) is 24.0 Å². The molecule has 1 aliphatic rings. The molecule has 2 heterocycles. The van der Waals surface area contributed by atoms with Crippen LogP contribution in [0.3, 0.4) is 0 Å². The predicted molar refractivity (Wildman–Crippen MR) is 127 cm³/mol. The quantitative estimate of drug-likeness (QED) is 0.337. The molecule has 2 N–H and O–H groups in total. The van der Waals surface area contributed by atoms with Gasteiger partial charge in [-0.3, -0.25) is 4.90 Å². The second kappa shape index (κ2) is 12.1. The van der Waals surface area contributed by atoms with Gasteiger partial charge in [0.2, 0.25) is 5.89 Å². The summed E-state index contributed by atoms with van der Waals surface area (Å²) in [7, 11) is 0. The molecule has 0 spiro atoms. The molecule has 1 atom stereocenters. The van der Waals surface area contributed by atoms with Gasteiger partial charge in [-0.15, -0.1) is 24.0 Å². The number of hydrogen-bond donors (Lipinski definition) is 2. The van der Waals surface area contributed by atoms with Crippen molar-refractivity contribution < 1.29 is 9.15 Å². The van der Waals surface area contributed by atoms with Gasteiger partial charge in [0.25, 0.3) is 0 Å². The zero-order valence-electron chi connectivity index (χ0n) is 17.5. The van der Waals surface area contributed by atoms with Crippen LogP contribution >= 0.6 is 24.0 Å². The zero-order chi connectivity index (χ0) is 19.8. The third-order valence-corrected chi connectivity index (χ3v) is 4.84. The first-order valence-electron chi connectivity index (χ1n) is 10.0. The first kappa shape index (κ1) is 23.6. The summed E-state index contributed by atoms with van der Waals surface area (Å²) in [6, 6.07) is 8.64. The van der Waals surface area contributed by atoms with Crippen molar-refractivity contribution in [2.75, 3.05) is 39.4 Å². The maximum atomic E-state index is 5.86. The second-order valence-electron chi connectivity index (χ2n) is 7.06. The van der Waals surface area contributed by atoms with Crippen LogP contribution in [0, 0.1) is 6.92 Å². The van der Waals surface area contributed by atoms with Crippen molar-refractivity contribution in [1.82, 2.24) is 20.5 Å². The van der Waals surface area contributed by atoms with Gasteiger partial charge < -0.3 is 19.8 Å². The Morgan fingerprint density at radius 3 is 2.62 bits per heavy atom. The van der Waals surface area contributed by atoms with Gasteiger partial charge in [-0.1, -0.05) is 29.8 Å². The van der Waals surface area contributed by atoms with Gasteiger partial charge in [0, 0.05) is 37.8 Å². The minimum Gasteiger partial charge on any atom is -0.439 e. The Labute approximate surface area is 190 Å². The van der Waals surface area contributed by atoms with Gasteiger partial charge in [-0.05, 0) is 20.8 Å². The third kappa shape index (κ3) is 7.27.